The summed E-state index contributed by atoms with van der Waals surface area (Å²) in [5.41, 5.74) is 0. The van der Waals surface area contributed by atoms with Gasteiger partial charge >= 0.3 is 12.0 Å². The van der Waals surface area contributed by atoms with Crippen molar-refractivity contribution in [1.29, 1.82) is 0 Å². The van der Waals surface area contributed by atoms with E-state index in [1.807, 2.05) is 20.8 Å². The summed E-state index contributed by atoms with van der Waals surface area (Å²) in [6.07, 6.45) is 2.35. The Morgan fingerprint density at radius 2 is 1.85 bits per heavy atom. The summed E-state index contributed by atoms with van der Waals surface area (Å²) in [5, 5.41) is 20.5. The van der Waals surface area contributed by atoms with Crippen molar-refractivity contribution in [3.63, 3.8) is 0 Å². The zero-order valence-electron chi connectivity index (χ0n) is 12.8. The largest absolute Gasteiger partial charge is 0.481 e. The van der Waals surface area contributed by atoms with Gasteiger partial charge in [0.05, 0.1) is 6.61 Å². The van der Waals surface area contributed by atoms with Gasteiger partial charge in [0.25, 0.3) is 0 Å². The number of aliphatic hydroxyl groups excluding tert-OH is 1. The lowest BCUT2D eigenvalue weighted by Gasteiger charge is -2.30. The van der Waals surface area contributed by atoms with E-state index in [1.54, 1.807) is 4.90 Å². The number of urea groups is 1. The maximum Gasteiger partial charge on any atom is 0.317 e. The molecule has 0 aliphatic rings. The minimum atomic E-state index is -0.817. The van der Waals surface area contributed by atoms with Gasteiger partial charge in [-0.2, -0.15) is 0 Å². The lowest BCUT2D eigenvalue weighted by molar-refractivity contribution is -0.137. The van der Waals surface area contributed by atoms with Crippen molar-refractivity contribution < 1.29 is 19.8 Å². The lowest BCUT2D eigenvalue weighted by Crippen LogP contribution is -2.48. The molecule has 6 heteroatoms. The molecule has 0 saturated carbocycles. The highest BCUT2D eigenvalue weighted by atomic mass is 16.4. The standard InChI is InChI=1S/C14H28N2O4/c1-4-12(5-2)16(8-9-17)14(20)15-10-11(3)6-7-13(18)19/h11-12,17H,4-10H2,1-3H3,(H,15,20)(H,18,19). The highest BCUT2D eigenvalue weighted by molar-refractivity contribution is 5.74. The Balaban J connectivity index is 4.28. The number of carboxylic acids is 1. The van der Waals surface area contributed by atoms with Crippen LogP contribution in [0.3, 0.4) is 0 Å². The summed E-state index contributed by atoms with van der Waals surface area (Å²) in [7, 11) is 0. The highest BCUT2D eigenvalue weighted by Gasteiger charge is 2.20. The lowest BCUT2D eigenvalue weighted by atomic mass is 10.1. The molecule has 0 aromatic carbocycles. The molecule has 0 radical (unpaired) electrons. The van der Waals surface area contributed by atoms with Crippen molar-refractivity contribution in [2.24, 2.45) is 5.92 Å². The highest BCUT2D eigenvalue weighted by Crippen LogP contribution is 2.09. The Kier molecular flexibility index (Phi) is 9.80. The minimum Gasteiger partial charge on any atom is -0.481 e. The number of hydrogen-bond acceptors (Lipinski definition) is 3. The van der Waals surface area contributed by atoms with E-state index in [0.29, 0.717) is 19.5 Å². The number of amides is 2. The van der Waals surface area contributed by atoms with E-state index < -0.39 is 5.97 Å². The van der Waals surface area contributed by atoms with Gasteiger partial charge in [0.2, 0.25) is 0 Å². The third-order valence-electron chi connectivity index (χ3n) is 3.44. The van der Waals surface area contributed by atoms with E-state index >= 15 is 0 Å². The second kappa shape index (κ2) is 10.5. The van der Waals surface area contributed by atoms with Crippen molar-refractivity contribution in [3.05, 3.63) is 0 Å². The van der Waals surface area contributed by atoms with Crippen LogP contribution in [0.25, 0.3) is 0 Å². The molecule has 0 fully saturated rings. The fraction of sp³-hybridized carbons (Fsp3) is 0.857. The molecule has 0 rings (SSSR count). The predicted octanol–water partition coefficient (Wildman–Crippen LogP) is 1.68. The predicted molar refractivity (Wildman–Crippen MR) is 77.6 cm³/mol. The van der Waals surface area contributed by atoms with Crippen LogP contribution < -0.4 is 5.32 Å². The average Bonchev–Trinajstić information content (AvgIpc) is 2.42. The first-order chi connectivity index (χ1) is 9.46. The number of carboxylic acid groups (broad SMARTS) is 1. The summed E-state index contributed by atoms with van der Waals surface area (Å²) in [6.45, 7) is 6.66. The maximum atomic E-state index is 12.1. The van der Waals surface area contributed by atoms with Crippen molar-refractivity contribution in [2.45, 2.75) is 52.5 Å². The zero-order chi connectivity index (χ0) is 15.5. The molecule has 0 heterocycles. The van der Waals surface area contributed by atoms with Crippen LogP contribution in [-0.4, -0.2) is 52.9 Å². The fourth-order valence-corrected chi connectivity index (χ4v) is 2.12. The smallest absolute Gasteiger partial charge is 0.317 e. The molecule has 2 amide bonds. The van der Waals surface area contributed by atoms with Crippen LogP contribution in [0.15, 0.2) is 0 Å². The number of aliphatic hydroxyl groups is 1. The number of nitrogens with zero attached hydrogens (tertiary/aromatic N) is 1. The van der Waals surface area contributed by atoms with E-state index in [1.165, 1.54) is 0 Å². The van der Waals surface area contributed by atoms with Gasteiger partial charge in [0.15, 0.2) is 0 Å². The molecule has 0 bridgehead atoms. The van der Waals surface area contributed by atoms with Crippen LogP contribution in [-0.2, 0) is 4.79 Å². The van der Waals surface area contributed by atoms with Crippen molar-refractivity contribution in [2.75, 3.05) is 19.7 Å². The van der Waals surface area contributed by atoms with Gasteiger partial charge in [-0.15, -0.1) is 0 Å². The number of nitrogens with one attached hydrogen (secondary N) is 1. The van der Waals surface area contributed by atoms with Gasteiger partial charge in [-0.25, -0.2) is 4.79 Å². The molecular formula is C14H28N2O4. The van der Waals surface area contributed by atoms with Crippen LogP contribution in [0.1, 0.15) is 46.5 Å². The first-order valence-electron chi connectivity index (χ1n) is 7.33. The Labute approximate surface area is 121 Å². The third-order valence-corrected chi connectivity index (χ3v) is 3.44. The molecule has 118 valence electrons. The molecule has 1 unspecified atom stereocenters. The van der Waals surface area contributed by atoms with E-state index in [4.69, 9.17) is 10.2 Å². The summed E-state index contributed by atoms with van der Waals surface area (Å²) in [4.78, 5) is 24.3. The van der Waals surface area contributed by atoms with Crippen LogP contribution in [0.5, 0.6) is 0 Å². The quantitative estimate of drug-likeness (QED) is 0.570. The number of rotatable bonds is 10. The van der Waals surface area contributed by atoms with Gasteiger partial charge in [-0.05, 0) is 25.2 Å². The Hall–Kier alpha value is -1.30. The van der Waals surface area contributed by atoms with Crippen LogP contribution >= 0.6 is 0 Å². The van der Waals surface area contributed by atoms with Crippen molar-refractivity contribution in [1.82, 2.24) is 10.2 Å². The minimum absolute atomic E-state index is 0.0571. The SMILES string of the molecule is CCC(CC)N(CCO)C(=O)NCC(C)CCC(=O)O. The van der Waals surface area contributed by atoms with Crippen molar-refractivity contribution >= 4 is 12.0 Å². The normalized spacial score (nSPS) is 12.2. The molecule has 0 aromatic heterocycles. The molecule has 0 saturated heterocycles. The van der Waals surface area contributed by atoms with Crippen LogP contribution in [0.2, 0.25) is 0 Å². The fourth-order valence-electron chi connectivity index (χ4n) is 2.12. The summed E-state index contributed by atoms with van der Waals surface area (Å²) < 4.78 is 0. The number of carbonyl (C=O) groups is 2. The maximum absolute atomic E-state index is 12.1. The van der Waals surface area contributed by atoms with Gasteiger partial charge in [0, 0.05) is 25.6 Å². The molecule has 20 heavy (non-hydrogen) atoms. The molecule has 0 aliphatic heterocycles. The number of hydrogen-bond donors (Lipinski definition) is 3. The average molecular weight is 288 g/mol. The topological polar surface area (TPSA) is 89.9 Å². The van der Waals surface area contributed by atoms with Crippen molar-refractivity contribution in [3.8, 4) is 0 Å². The van der Waals surface area contributed by atoms with E-state index in [2.05, 4.69) is 5.32 Å². The van der Waals surface area contributed by atoms with E-state index in [0.717, 1.165) is 12.8 Å². The molecule has 0 aromatic rings. The molecular weight excluding hydrogens is 260 g/mol. The molecule has 3 N–H and O–H groups in total. The van der Waals surface area contributed by atoms with E-state index in [9.17, 15) is 9.59 Å². The summed E-state index contributed by atoms with van der Waals surface area (Å²) >= 11 is 0. The number of carbonyl (C=O) groups excluding carboxylic acids is 1. The van der Waals surface area contributed by atoms with Crippen LogP contribution in [0.4, 0.5) is 4.79 Å². The third kappa shape index (κ3) is 7.33. The molecule has 0 spiro atoms. The molecule has 6 nitrogen and oxygen atoms in total. The molecule has 1 atom stereocenters. The molecule has 0 aliphatic carbocycles. The first kappa shape index (κ1) is 18.7. The second-order valence-corrected chi connectivity index (χ2v) is 5.11. The first-order valence-corrected chi connectivity index (χ1v) is 7.33. The van der Waals surface area contributed by atoms with Gasteiger partial charge < -0.3 is 20.4 Å². The second-order valence-electron chi connectivity index (χ2n) is 5.11. The van der Waals surface area contributed by atoms with Gasteiger partial charge in [-0.3, -0.25) is 4.79 Å². The van der Waals surface area contributed by atoms with Gasteiger partial charge in [-0.1, -0.05) is 20.8 Å². The van der Waals surface area contributed by atoms with Gasteiger partial charge in [0.1, 0.15) is 0 Å². The van der Waals surface area contributed by atoms with Crippen LogP contribution in [0, 0.1) is 5.92 Å². The monoisotopic (exact) mass is 288 g/mol. The van der Waals surface area contributed by atoms with E-state index in [-0.39, 0.29) is 31.0 Å². The Morgan fingerprint density at radius 1 is 1.25 bits per heavy atom. The zero-order valence-corrected chi connectivity index (χ0v) is 12.8. The Bertz CT molecular complexity index is 293. The summed E-state index contributed by atoms with van der Waals surface area (Å²) in [6, 6.07) is -0.0635. The summed E-state index contributed by atoms with van der Waals surface area (Å²) in [5.74, 6) is -0.699. The number of aliphatic carboxylic acids is 1. The Morgan fingerprint density at radius 3 is 2.30 bits per heavy atom.